The number of hydrogen-bond donors (Lipinski definition) is 3. The van der Waals surface area contributed by atoms with Crippen molar-refractivity contribution >= 4 is 22.6 Å². The third kappa shape index (κ3) is 5.89. The van der Waals surface area contributed by atoms with Gasteiger partial charge in [-0.15, -0.1) is 0 Å². The van der Waals surface area contributed by atoms with Gasteiger partial charge >= 0.3 is 0 Å². The van der Waals surface area contributed by atoms with Crippen molar-refractivity contribution in [2.75, 3.05) is 11.9 Å². The number of anilines is 1. The van der Waals surface area contributed by atoms with Crippen molar-refractivity contribution in [3.63, 3.8) is 0 Å². The second kappa shape index (κ2) is 10.4. The van der Waals surface area contributed by atoms with Crippen LogP contribution >= 0.6 is 0 Å². The molecule has 3 rings (SSSR count). The first kappa shape index (κ1) is 20.5. The van der Waals surface area contributed by atoms with E-state index in [-0.39, 0.29) is 11.9 Å². The molecule has 0 fully saturated rings. The summed E-state index contributed by atoms with van der Waals surface area (Å²) in [5, 5.41) is 12.8. The molecular formula is C22H26N4O3. The summed E-state index contributed by atoms with van der Waals surface area (Å²) in [6.07, 6.45) is 4.28. The molecule has 1 aromatic heterocycles. The Labute approximate surface area is 170 Å². The summed E-state index contributed by atoms with van der Waals surface area (Å²) in [5.41, 5.74) is 3.67. The Bertz CT molecular complexity index is 934. The molecule has 1 atom stereocenters. The molecule has 7 nitrogen and oxygen atoms in total. The molecule has 1 amide bonds. The first-order chi connectivity index (χ1) is 14.2. The molecule has 0 spiro atoms. The van der Waals surface area contributed by atoms with Gasteiger partial charge in [-0.2, -0.15) is 0 Å². The average Bonchev–Trinajstić information content (AvgIpc) is 2.76. The maximum atomic E-state index is 11.0. The number of hydrogen-bond acceptors (Lipinski definition) is 6. The minimum absolute atomic E-state index is 0.106. The molecule has 3 N–H and O–H groups in total. The van der Waals surface area contributed by atoms with Gasteiger partial charge in [-0.25, -0.2) is 15.4 Å². The standard InChI is InChI=1S/C22H26N4O3/c1-16(17-8-4-2-5-9-17)25-22-19-14-18(11-12-20(19)23-15-24-22)29-13-7-3-6-10-21(27)26-28/h2,4-5,8-9,11-12,14-16,28H,3,6-7,10,13H2,1H3,(H,26,27)(H,23,24,25). The molecular weight excluding hydrogens is 368 g/mol. The fourth-order valence-corrected chi connectivity index (χ4v) is 3.08. The topological polar surface area (TPSA) is 96.4 Å². The number of nitrogens with zero attached hydrogens (tertiary/aromatic N) is 2. The van der Waals surface area contributed by atoms with Crippen LogP contribution in [0.5, 0.6) is 5.75 Å². The first-order valence-corrected chi connectivity index (χ1v) is 9.79. The van der Waals surface area contributed by atoms with Gasteiger partial charge in [0.1, 0.15) is 17.9 Å². The van der Waals surface area contributed by atoms with E-state index in [1.54, 1.807) is 11.8 Å². The van der Waals surface area contributed by atoms with E-state index in [0.717, 1.165) is 35.3 Å². The molecule has 0 aliphatic heterocycles. The third-order valence-corrected chi connectivity index (χ3v) is 4.70. The average molecular weight is 394 g/mol. The molecule has 0 saturated carbocycles. The lowest BCUT2D eigenvalue weighted by atomic mass is 10.1. The summed E-state index contributed by atoms with van der Waals surface area (Å²) >= 11 is 0. The number of hydroxylamine groups is 1. The van der Waals surface area contributed by atoms with Gasteiger partial charge in [0.05, 0.1) is 12.1 Å². The molecule has 0 aliphatic rings. The summed E-state index contributed by atoms with van der Waals surface area (Å²) in [5.74, 6) is 1.17. The van der Waals surface area contributed by atoms with Gasteiger partial charge < -0.3 is 10.1 Å². The lowest BCUT2D eigenvalue weighted by Gasteiger charge is -2.16. The molecule has 1 heterocycles. The largest absolute Gasteiger partial charge is 0.494 e. The van der Waals surface area contributed by atoms with Crippen LogP contribution in [0.2, 0.25) is 0 Å². The molecule has 0 aliphatic carbocycles. The van der Waals surface area contributed by atoms with E-state index in [1.165, 1.54) is 5.56 Å². The summed E-state index contributed by atoms with van der Waals surface area (Å²) < 4.78 is 5.86. The minimum atomic E-state index is -0.356. The molecule has 7 heteroatoms. The van der Waals surface area contributed by atoms with E-state index >= 15 is 0 Å². The second-order valence-corrected chi connectivity index (χ2v) is 6.87. The zero-order valence-corrected chi connectivity index (χ0v) is 16.5. The Morgan fingerprint density at radius 2 is 1.93 bits per heavy atom. The number of unbranched alkanes of at least 4 members (excludes halogenated alkanes) is 2. The van der Waals surface area contributed by atoms with Crippen molar-refractivity contribution in [3.05, 3.63) is 60.4 Å². The molecule has 2 aromatic carbocycles. The summed E-state index contributed by atoms with van der Waals surface area (Å²) in [6.45, 7) is 2.66. The van der Waals surface area contributed by atoms with Gasteiger partial charge in [-0.1, -0.05) is 30.3 Å². The molecule has 0 radical (unpaired) electrons. The van der Waals surface area contributed by atoms with E-state index in [1.807, 2.05) is 36.4 Å². The normalized spacial score (nSPS) is 11.8. The van der Waals surface area contributed by atoms with Gasteiger partial charge in [-0.3, -0.25) is 10.0 Å². The van der Waals surface area contributed by atoms with Gasteiger partial charge in [0.25, 0.3) is 0 Å². The fraction of sp³-hybridized carbons (Fsp3) is 0.318. The van der Waals surface area contributed by atoms with Crippen LogP contribution in [0.25, 0.3) is 10.9 Å². The highest BCUT2D eigenvalue weighted by atomic mass is 16.5. The van der Waals surface area contributed by atoms with Gasteiger partial charge in [0.15, 0.2) is 0 Å². The van der Waals surface area contributed by atoms with Crippen molar-refractivity contribution in [3.8, 4) is 5.75 Å². The number of nitrogens with one attached hydrogen (secondary N) is 2. The van der Waals surface area contributed by atoms with E-state index in [2.05, 4.69) is 34.3 Å². The lowest BCUT2D eigenvalue weighted by molar-refractivity contribution is -0.129. The first-order valence-electron chi connectivity index (χ1n) is 9.79. The van der Waals surface area contributed by atoms with Crippen LogP contribution in [0.4, 0.5) is 5.82 Å². The van der Waals surface area contributed by atoms with Crippen LogP contribution in [-0.4, -0.2) is 27.7 Å². The summed E-state index contributed by atoms with van der Waals surface area (Å²) in [4.78, 5) is 19.7. The van der Waals surface area contributed by atoms with Crippen LogP contribution in [0.1, 0.15) is 44.2 Å². The smallest absolute Gasteiger partial charge is 0.243 e. The Hall–Kier alpha value is -3.19. The number of benzene rings is 2. The zero-order valence-electron chi connectivity index (χ0n) is 16.5. The highest BCUT2D eigenvalue weighted by molar-refractivity contribution is 5.90. The molecule has 0 bridgehead atoms. The maximum absolute atomic E-state index is 11.0. The highest BCUT2D eigenvalue weighted by Crippen LogP contribution is 2.27. The van der Waals surface area contributed by atoms with Crippen molar-refractivity contribution in [1.29, 1.82) is 0 Å². The van der Waals surface area contributed by atoms with Crippen LogP contribution in [0.15, 0.2) is 54.9 Å². The number of fused-ring (bicyclic) bond motifs is 1. The van der Waals surface area contributed by atoms with Crippen LogP contribution in [-0.2, 0) is 4.79 Å². The predicted octanol–water partition coefficient (Wildman–Crippen LogP) is 4.25. The molecule has 1 unspecified atom stereocenters. The molecule has 152 valence electrons. The van der Waals surface area contributed by atoms with Crippen LogP contribution < -0.4 is 15.5 Å². The number of aromatic nitrogens is 2. The van der Waals surface area contributed by atoms with Gasteiger partial charge in [0.2, 0.25) is 5.91 Å². The van der Waals surface area contributed by atoms with Crippen LogP contribution in [0, 0.1) is 0 Å². The van der Waals surface area contributed by atoms with E-state index in [4.69, 9.17) is 9.94 Å². The molecule has 0 saturated heterocycles. The second-order valence-electron chi connectivity index (χ2n) is 6.87. The SMILES string of the molecule is CC(Nc1ncnc2ccc(OCCCCCC(=O)NO)cc12)c1ccccc1. The van der Waals surface area contributed by atoms with Gasteiger partial charge in [0, 0.05) is 17.8 Å². The molecule has 29 heavy (non-hydrogen) atoms. The number of carbonyl (C=O) groups is 1. The van der Waals surface area contributed by atoms with Crippen molar-refractivity contribution in [1.82, 2.24) is 15.4 Å². The fourth-order valence-electron chi connectivity index (χ4n) is 3.08. The van der Waals surface area contributed by atoms with Crippen LogP contribution in [0.3, 0.4) is 0 Å². The van der Waals surface area contributed by atoms with Crippen molar-refractivity contribution in [2.45, 2.75) is 38.6 Å². The number of rotatable bonds is 10. The molecule has 3 aromatic rings. The summed E-state index contributed by atoms with van der Waals surface area (Å²) in [7, 11) is 0. The highest BCUT2D eigenvalue weighted by Gasteiger charge is 2.10. The van der Waals surface area contributed by atoms with E-state index in [0.29, 0.717) is 19.4 Å². The van der Waals surface area contributed by atoms with Crippen molar-refractivity contribution < 1.29 is 14.7 Å². The van der Waals surface area contributed by atoms with E-state index < -0.39 is 0 Å². The lowest BCUT2D eigenvalue weighted by Crippen LogP contribution is -2.17. The van der Waals surface area contributed by atoms with Gasteiger partial charge in [-0.05, 0) is 49.9 Å². The predicted molar refractivity (Wildman–Crippen MR) is 112 cm³/mol. The van der Waals surface area contributed by atoms with E-state index in [9.17, 15) is 4.79 Å². The monoisotopic (exact) mass is 394 g/mol. The number of ether oxygens (including phenoxy) is 1. The number of amides is 1. The zero-order chi connectivity index (χ0) is 20.5. The summed E-state index contributed by atoms with van der Waals surface area (Å²) in [6, 6.07) is 16.1. The Morgan fingerprint density at radius 1 is 1.10 bits per heavy atom. The Kier molecular flexibility index (Phi) is 7.35. The Balaban J connectivity index is 1.61. The van der Waals surface area contributed by atoms with Crippen molar-refractivity contribution in [2.24, 2.45) is 0 Å². The Morgan fingerprint density at radius 3 is 2.72 bits per heavy atom. The number of carbonyl (C=O) groups excluding carboxylic acids is 1. The maximum Gasteiger partial charge on any atom is 0.243 e. The third-order valence-electron chi connectivity index (χ3n) is 4.70. The quantitative estimate of drug-likeness (QED) is 0.270. The minimum Gasteiger partial charge on any atom is -0.494 e.